The Morgan fingerprint density at radius 3 is 2.70 bits per heavy atom. The average molecular weight is 404 g/mol. The van der Waals surface area contributed by atoms with Gasteiger partial charge in [0, 0.05) is 16.5 Å². The Hall–Kier alpha value is -3.02. The van der Waals surface area contributed by atoms with Crippen molar-refractivity contribution >= 4 is 50.8 Å². The van der Waals surface area contributed by atoms with Crippen LogP contribution in [-0.4, -0.2) is 23.5 Å². The van der Waals surface area contributed by atoms with Gasteiger partial charge in [0.2, 0.25) is 0 Å². The second kappa shape index (κ2) is 7.70. The summed E-state index contributed by atoms with van der Waals surface area (Å²) in [5.41, 5.74) is 6.91. The smallest absolute Gasteiger partial charge is 0.356 e. The number of thiophene rings is 1. The summed E-state index contributed by atoms with van der Waals surface area (Å²) in [5, 5.41) is 10.4. The van der Waals surface area contributed by atoms with E-state index in [1.54, 1.807) is 25.1 Å². The Labute approximate surface area is 163 Å². The van der Waals surface area contributed by atoms with E-state index < -0.39 is 11.9 Å². The number of nitrogens with two attached hydrogens (primary N) is 1. The number of nitrogens with zero attached hydrogens (tertiary/aromatic N) is 1. The summed E-state index contributed by atoms with van der Waals surface area (Å²) >= 11 is 7.17. The number of hydrogen-bond acceptors (Lipinski definition) is 7. The molecule has 0 amide bonds. The normalized spacial score (nSPS) is 10.6. The molecule has 0 bridgehead atoms. The number of ether oxygens (including phenoxy) is 2. The fourth-order valence-electron chi connectivity index (χ4n) is 2.56. The van der Waals surface area contributed by atoms with Gasteiger partial charge in [-0.25, -0.2) is 9.59 Å². The Balaban J connectivity index is 1.87. The molecule has 1 aromatic carbocycles. The predicted octanol–water partition coefficient (Wildman–Crippen LogP) is 3.87. The molecule has 7 nitrogen and oxygen atoms in total. The van der Waals surface area contributed by atoms with E-state index in [-0.39, 0.29) is 44.9 Å². The molecule has 3 aromatic rings. The molecule has 0 unspecified atom stereocenters. The number of aromatic amines is 1. The SMILES string of the molecule is CCOC(=O)c1sc(N)c(C#N)c1COC(=O)c1[nH]c2ccccc2c1Cl. The van der Waals surface area contributed by atoms with Gasteiger partial charge in [-0.1, -0.05) is 29.8 Å². The zero-order valence-corrected chi connectivity index (χ0v) is 15.7. The fraction of sp³-hybridized carbons (Fsp3) is 0.167. The maximum absolute atomic E-state index is 12.5. The Morgan fingerprint density at radius 1 is 1.30 bits per heavy atom. The van der Waals surface area contributed by atoms with Crippen molar-refractivity contribution in [2.45, 2.75) is 13.5 Å². The third kappa shape index (κ3) is 3.47. The van der Waals surface area contributed by atoms with Crippen LogP contribution in [0.15, 0.2) is 24.3 Å². The van der Waals surface area contributed by atoms with Gasteiger partial charge in [-0.05, 0) is 13.0 Å². The van der Waals surface area contributed by atoms with Crippen LogP contribution in [0.5, 0.6) is 0 Å². The molecule has 0 saturated carbocycles. The monoisotopic (exact) mass is 403 g/mol. The largest absolute Gasteiger partial charge is 0.462 e. The third-order valence-corrected chi connectivity index (χ3v) is 5.24. The number of fused-ring (bicyclic) bond motifs is 1. The number of para-hydroxylation sites is 1. The van der Waals surface area contributed by atoms with Crippen LogP contribution in [0.4, 0.5) is 5.00 Å². The van der Waals surface area contributed by atoms with E-state index >= 15 is 0 Å². The zero-order valence-electron chi connectivity index (χ0n) is 14.2. The molecular weight excluding hydrogens is 390 g/mol. The van der Waals surface area contributed by atoms with E-state index in [9.17, 15) is 14.9 Å². The van der Waals surface area contributed by atoms with Crippen LogP contribution >= 0.6 is 22.9 Å². The lowest BCUT2D eigenvalue weighted by molar-refractivity contribution is 0.0448. The number of rotatable bonds is 5. The van der Waals surface area contributed by atoms with Gasteiger partial charge in [0.05, 0.1) is 17.2 Å². The number of benzene rings is 1. The first-order chi connectivity index (χ1) is 13.0. The number of nitrogens with one attached hydrogen (secondary N) is 1. The topological polar surface area (TPSA) is 118 Å². The highest BCUT2D eigenvalue weighted by atomic mass is 35.5. The van der Waals surface area contributed by atoms with Gasteiger partial charge in [0.1, 0.15) is 28.2 Å². The predicted molar refractivity (Wildman–Crippen MR) is 102 cm³/mol. The molecule has 3 N–H and O–H groups in total. The van der Waals surface area contributed by atoms with Gasteiger partial charge in [0.15, 0.2) is 0 Å². The number of hydrogen-bond donors (Lipinski definition) is 2. The van der Waals surface area contributed by atoms with Crippen molar-refractivity contribution in [3.63, 3.8) is 0 Å². The first-order valence-electron chi connectivity index (χ1n) is 7.89. The first kappa shape index (κ1) is 18.8. The molecule has 0 radical (unpaired) electrons. The van der Waals surface area contributed by atoms with Gasteiger partial charge in [0.25, 0.3) is 0 Å². The molecule has 27 heavy (non-hydrogen) atoms. The van der Waals surface area contributed by atoms with Crippen LogP contribution in [0, 0.1) is 11.3 Å². The highest BCUT2D eigenvalue weighted by Crippen LogP contribution is 2.33. The van der Waals surface area contributed by atoms with Crippen LogP contribution in [0.3, 0.4) is 0 Å². The van der Waals surface area contributed by atoms with Crippen LogP contribution < -0.4 is 5.73 Å². The second-order valence-electron chi connectivity index (χ2n) is 5.42. The van der Waals surface area contributed by atoms with Gasteiger partial charge < -0.3 is 20.2 Å². The minimum Gasteiger partial charge on any atom is -0.462 e. The first-order valence-corrected chi connectivity index (χ1v) is 9.09. The lowest BCUT2D eigenvalue weighted by atomic mass is 10.1. The molecule has 3 rings (SSSR count). The summed E-state index contributed by atoms with van der Waals surface area (Å²) in [6.45, 7) is 1.52. The summed E-state index contributed by atoms with van der Waals surface area (Å²) in [7, 11) is 0. The molecule has 0 spiro atoms. The van der Waals surface area contributed by atoms with Crippen LogP contribution in [-0.2, 0) is 16.1 Å². The third-order valence-electron chi connectivity index (χ3n) is 3.80. The van der Waals surface area contributed by atoms with E-state index in [0.29, 0.717) is 10.9 Å². The van der Waals surface area contributed by atoms with Crippen molar-refractivity contribution in [2.75, 3.05) is 12.3 Å². The van der Waals surface area contributed by atoms with Crippen molar-refractivity contribution in [2.24, 2.45) is 0 Å². The standard InChI is InChI=1S/C18H14ClN3O4S/c1-2-25-18(24)15-11(10(7-20)16(21)27-15)8-26-17(23)14-13(19)9-5-3-4-6-12(9)22-14/h3-6,22H,2,8,21H2,1H3. The van der Waals surface area contributed by atoms with E-state index in [2.05, 4.69) is 4.98 Å². The Bertz CT molecular complexity index is 1080. The molecule has 0 fully saturated rings. The molecular formula is C18H14ClN3O4S. The molecule has 0 aliphatic heterocycles. The number of H-pyrrole nitrogens is 1. The second-order valence-corrected chi connectivity index (χ2v) is 6.85. The van der Waals surface area contributed by atoms with Crippen molar-refractivity contribution in [3.8, 4) is 6.07 Å². The van der Waals surface area contributed by atoms with Crippen LogP contribution in [0.2, 0.25) is 5.02 Å². The van der Waals surface area contributed by atoms with Crippen LogP contribution in [0.1, 0.15) is 38.2 Å². The quantitative estimate of drug-likeness (QED) is 0.624. The Kier molecular flexibility index (Phi) is 5.35. The van der Waals surface area contributed by atoms with Crippen molar-refractivity contribution in [1.29, 1.82) is 5.26 Å². The fourth-order valence-corrected chi connectivity index (χ4v) is 3.77. The molecule has 9 heteroatoms. The number of esters is 2. The zero-order chi connectivity index (χ0) is 19.6. The summed E-state index contributed by atoms with van der Waals surface area (Å²) in [4.78, 5) is 27.6. The lowest BCUT2D eigenvalue weighted by Crippen LogP contribution is -2.10. The lowest BCUT2D eigenvalue weighted by Gasteiger charge is -2.06. The van der Waals surface area contributed by atoms with E-state index in [4.69, 9.17) is 26.8 Å². The number of aromatic nitrogens is 1. The molecule has 2 heterocycles. The number of carbonyl (C=O) groups excluding carboxylic acids is 2. The van der Waals surface area contributed by atoms with Crippen molar-refractivity contribution in [1.82, 2.24) is 4.98 Å². The molecule has 0 aliphatic rings. The minimum atomic E-state index is -0.709. The summed E-state index contributed by atoms with van der Waals surface area (Å²) < 4.78 is 10.3. The van der Waals surface area contributed by atoms with Crippen molar-refractivity contribution in [3.05, 3.63) is 51.0 Å². The minimum absolute atomic E-state index is 0.0947. The number of nitriles is 1. The van der Waals surface area contributed by atoms with E-state index in [0.717, 1.165) is 11.3 Å². The highest BCUT2D eigenvalue weighted by Gasteiger charge is 2.25. The van der Waals surface area contributed by atoms with Crippen molar-refractivity contribution < 1.29 is 19.1 Å². The number of carbonyl (C=O) groups is 2. The molecule has 138 valence electrons. The average Bonchev–Trinajstić information content (AvgIpc) is 3.17. The van der Waals surface area contributed by atoms with E-state index in [1.165, 1.54) is 0 Å². The Morgan fingerprint density at radius 2 is 2.04 bits per heavy atom. The van der Waals surface area contributed by atoms with Gasteiger partial charge in [-0.3, -0.25) is 0 Å². The maximum Gasteiger partial charge on any atom is 0.356 e. The summed E-state index contributed by atoms with van der Waals surface area (Å²) in [5.74, 6) is -1.33. The molecule has 0 aliphatic carbocycles. The highest BCUT2D eigenvalue weighted by molar-refractivity contribution is 7.18. The maximum atomic E-state index is 12.5. The molecule has 2 aromatic heterocycles. The van der Waals surface area contributed by atoms with Crippen LogP contribution in [0.25, 0.3) is 10.9 Å². The van der Waals surface area contributed by atoms with Gasteiger partial charge in [-0.2, -0.15) is 5.26 Å². The van der Waals surface area contributed by atoms with E-state index in [1.807, 2.05) is 12.1 Å². The molecule has 0 saturated heterocycles. The number of nitrogen functional groups attached to an aromatic ring is 1. The number of halogens is 1. The summed E-state index contributed by atoms with van der Waals surface area (Å²) in [6, 6.07) is 9.10. The van der Waals surface area contributed by atoms with Gasteiger partial charge >= 0.3 is 11.9 Å². The molecule has 0 atom stereocenters. The summed E-state index contributed by atoms with van der Waals surface area (Å²) in [6.07, 6.45) is 0. The number of anilines is 1. The van der Waals surface area contributed by atoms with Gasteiger partial charge in [-0.15, -0.1) is 11.3 Å².